The smallest absolute Gasteiger partial charge is 0.353 e. The van der Waals surface area contributed by atoms with Gasteiger partial charge in [0.25, 0.3) is 0 Å². The number of nitrogens with one attached hydrogen (secondary N) is 1. The summed E-state index contributed by atoms with van der Waals surface area (Å²) in [5.74, 6) is 2.77. The van der Waals surface area contributed by atoms with Crippen LogP contribution in [0, 0.1) is 10.1 Å². The van der Waals surface area contributed by atoms with E-state index < -0.39 is 0 Å². The Morgan fingerprint density at radius 2 is 1.82 bits per heavy atom. The summed E-state index contributed by atoms with van der Waals surface area (Å²) in [5.41, 5.74) is 3.54. The van der Waals surface area contributed by atoms with E-state index in [0.29, 0.717) is 24.7 Å². The summed E-state index contributed by atoms with van der Waals surface area (Å²) in [6.45, 7) is 2.82. The molecule has 2 aliphatic rings. The van der Waals surface area contributed by atoms with Crippen molar-refractivity contribution in [2.75, 3.05) is 40.9 Å². The third kappa shape index (κ3) is 2.86. The van der Waals surface area contributed by atoms with Gasteiger partial charge in [-0.25, -0.2) is 9.97 Å². The second-order valence-corrected chi connectivity index (χ2v) is 8.25. The molecule has 4 heterocycles. The number of para-hydroxylation sites is 1. The fourth-order valence-corrected chi connectivity index (χ4v) is 5.04. The number of aromatic nitrogens is 3. The molecule has 1 N–H and O–H groups in total. The van der Waals surface area contributed by atoms with E-state index >= 15 is 0 Å². The van der Waals surface area contributed by atoms with Crippen molar-refractivity contribution in [2.24, 2.45) is 0 Å². The first-order valence-corrected chi connectivity index (χ1v) is 10.5. The zero-order valence-electron chi connectivity index (χ0n) is 15.3. The first-order chi connectivity index (χ1) is 13.7. The van der Waals surface area contributed by atoms with Crippen LogP contribution in [0.3, 0.4) is 0 Å². The average Bonchev–Trinajstić information content (AvgIpc) is 3.11. The normalized spacial score (nSPS) is 17.0. The van der Waals surface area contributed by atoms with E-state index in [4.69, 9.17) is 0 Å². The highest BCUT2D eigenvalue weighted by Gasteiger charge is 2.32. The highest BCUT2D eigenvalue weighted by Crippen LogP contribution is 2.37. The Balaban J connectivity index is 1.53. The monoisotopic (exact) mass is 396 g/mol. The van der Waals surface area contributed by atoms with Crippen molar-refractivity contribution in [2.45, 2.75) is 13.0 Å². The maximum atomic E-state index is 12.0. The number of anilines is 2. The molecule has 28 heavy (non-hydrogen) atoms. The van der Waals surface area contributed by atoms with Crippen LogP contribution in [0.5, 0.6) is 0 Å². The molecule has 0 atom stereocenters. The Kier molecular flexibility index (Phi) is 4.31. The van der Waals surface area contributed by atoms with Crippen molar-refractivity contribution >= 4 is 40.0 Å². The quantitative estimate of drug-likeness (QED) is 0.537. The van der Waals surface area contributed by atoms with Crippen LogP contribution >= 0.6 is 11.8 Å². The summed E-state index contributed by atoms with van der Waals surface area (Å²) in [4.78, 5) is 27.8. The molecule has 3 aromatic rings. The minimum atomic E-state index is -0.326. The van der Waals surface area contributed by atoms with Crippen LogP contribution in [-0.2, 0) is 13.0 Å². The number of benzene rings is 1. The molecule has 1 fully saturated rings. The first kappa shape index (κ1) is 17.3. The second-order valence-electron chi connectivity index (χ2n) is 7.03. The van der Waals surface area contributed by atoms with Crippen LogP contribution in [0.4, 0.5) is 17.3 Å². The lowest BCUT2D eigenvalue weighted by atomic mass is 10.0. The van der Waals surface area contributed by atoms with Crippen molar-refractivity contribution < 1.29 is 4.92 Å². The summed E-state index contributed by atoms with van der Waals surface area (Å²) < 4.78 is 0. The van der Waals surface area contributed by atoms with Crippen molar-refractivity contribution in [3.05, 3.63) is 52.0 Å². The summed E-state index contributed by atoms with van der Waals surface area (Å²) in [6.07, 6.45) is 2.29. The number of thioether (sulfide) groups is 1. The Labute approximate surface area is 166 Å². The summed E-state index contributed by atoms with van der Waals surface area (Å²) in [5, 5.41) is 13.2. The predicted molar refractivity (Wildman–Crippen MR) is 111 cm³/mol. The van der Waals surface area contributed by atoms with E-state index in [1.165, 1.54) is 17.3 Å². The molecule has 1 aromatic carbocycles. The van der Waals surface area contributed by atoms with E-state index in [-0.39, 0.29) is 10.6 Å². The van der Waals surface area contributed by atoms with E-state index in [1.807, 2.05) is 33.7 Å². The van der Waals surface area contributed by atoms with Crippen LogP contribution in [0.25, 0.3) is 10.9 Å². The topological polar surface area (TPSA) is 91.2 Å². The molecule has 0 saturated carbocycles. The van der Waals surface area contributed by atoms with Gasteiger partial charge < -0.3 is 14.8 Å². The molecule has 144 valence electrons. The lowest BCUT2D eigenvalue weighted by Gasteiger charge is -2.30. The standard InChI is InChI=1S/C19H20N6O2S/c26-25(27)17-18(23-7-9-28-10-8-23)20-12-21-19(17)24-6-5-14-13-3-1-2-4-15(13)22-16(14)11-24/h1-4,12,22H,5-11H2. The van der Waals surface area contributed by atoms with Gasteiger partial charge in [0.2, 0.25) is 11.6 Å². The summed E-state index contributed by atoms with van der Waals surface area (Å²) in [6, 6.07) is 8.25. The maximum absolute atomic E-state index is 12.0. The lowest BCUT2D eigenvalue weighted by Crippen LogP contribution is -2.35. The minimum Gasteiger partial charge on any atom is -0.357 e. The molecule has 1 saturated heterocycles. The molecule has 0 unspecified atom stereocenters. The first-order valence-electron chi connectivity index (χ1n) is 9.38. The Morgan fingerprint density at radius 3 is 2.61 bits per heavy atom. The Morgan fingerprint density at radius 1 is 1.07 bits per heavy atom. The molecule has 0 aliphatic carbocycles. The molecule has 0 radical (unpaired) electrons. The number of aromatic amines is 1. The largest absolute Gasteiger partial charge is 0.357 e. The van der Waals surface area contributed by atoms with Gasteiger partial charge in [-0.1, -0.05) is 18.2 Å². The van der Waals surface area contributed by atoms with Crippen molar-refractivity contribution in [3.63, 3.8) is 0 Å². The summed E-state index contributed by atoms with van der Waals surface area (Å²) in [7, 11) is 0. The van der Waals surface area contributed by atoms with Crippen molar-refractivity contribution in [3.8, 4) is 0 Å². The number of rotatable bonds is 3. The van der Waals surface area contributed by atoms with E-state index in [2.05, 4.69) is 27.1 Å². The minimum absolute atomic E-state index is 0.0222. The van der Waals surface area contributed by atoms with Crippen LogP contribution < -0.4 is 9.80 Å². The fourth-order valence-electron chi connectivity index (χ4n) is 4.14. The third-order valence-corrected chi connectivity index (χ3v) is 6.40. The maximum Gasteiger partial charge on any atom is 0.353 e. The van der Waals surface area contributed by atoms with E-state index in [9.17, 15) is 10.1 Å². The van der Waals surface area contributed by atoms with Gasteiger partial charge in [-0.15, -0.1) is 0 Å². The Hall–Kier alpha value is -2.81. The molecular formula is C19H20N6O2S. The highest BCUT2D eigenvalue weighted by atomic mass is 32.2. The third-order valence-electron chi connectivity index (χ3n) is 5.46. The Bertz CT molecular complexity index is 1050. The van der Waals surface area contributed by atoms with Gasteiger partial charge in [0.15, 0.2) is 0 Å². The van der Waals surface area contributed by atoms with Crippen molar-refractivity contribution in [1.82, 2.24) is 15.0 Å². The van der Waals surface area contributed by atoms with Gasteiger partial charge in [0.1, 0.15) is 6.33 Å². The van der Waals surface area contributed by atoms with Gasteiger partial charge in [-0.3, -0.25) is 10.1 Å². The number of H-pyrrole nitrogens is 1. The zero-order valence-corrected chi connectivity index (χ0v) is 16.1. The molecule has 2 aromatic heterocycles. The molecule has 8 nitrogen and oxygen atoms in total. The van der Waals surface area contributed by atoms with Gasteiger partial charge in [-0.05, 0) is 18.1 Å². The van der Waals surface area contributed by atoms with Crippen LogP contribution in [0.2, 0.25) is 0 Å². The van der Waals surface area contributed by atoms with Gasteiger partial charge in [0, 0.05) is 47.7 Å². The fraction of sp³-hybridized carbons (Fsp3) is 0.368. The molecule has 0 bridgehead atoms. The number of nitrogens with zero attached hydrogens (tertiary/aromatic N) is 5. The lowest BCUT2D eigenvalue weighted by molar-refractivity contribution is -0.383. The molecule has 9 heteroatoms. The SMILES string of the molecule is O=[N+]([O-])c1c(N2CCSCC2)ncnc1N1CCc2c([nH]c3ccccc23)C1. The average molecular weight is 396 g/mol. The number of fused-ring (bicyclic) bond motifs is 3. The predicted octanol–water partition coefficient (Wildman–Crippen LogP) is 2.98. The van der Waals surface area contributed by atoms with E-state index in [0.717, 1.165) is 42.2 Å². The molecule has 5 rings (SSSR count). The van der Waals surface area contributed by atoms with E-state index in [1.54, 1.807) is 0 Å². The van der Waals surface area contributed by atoms with Crippen LogP contribution in [0.1, 0.15) is 11.3 Å². The van der Waals surface area contributed by atoms with Gasteiger partial charge in [0.05, 0.1) is 11.5 Å². The number of nitro groups is 1. The molecule has 2 aliphatic heterocycles. The number of hydrogen-bond donors (Lipinski definition) is 1. The number of hydrogen-bond acceptors (Lipinski definition) is 7. The highest BCUT2D eigenvalue weighted by molar-refractivity contribution is 7.99. The van der Waals surface area contributed by atoms with Crippen molar-refractivity contribution in [1.29, 1.82) is 0 Å². The zero-order chi connectivity index (χ0) is 19.1. The molecule has 0 amide bonds. The van der Waals surface area contributed by atoms with Gasteiger partial charge >= 0.3 is 5.69 Å². The van der Waals surface area contributed by atoms with Crippen LogP contribution in [-0.4, -0.2) is 51.0 Å². The van der Waals surface area contributed by atoms with Crippen LogP contribution in [0.15, 0.2) is 30.6 Å². The molecule has 0 spiro atoms. The summed E-state index contributed by atoms with van der Waals surface area (Å²) >= 11 is 1.86. The second kappa shape index (κ2) is 6.97. The molecular weight excluding hydrogens is 376 g/mol. The van der Waals surface area contributed by atoms with Gasteiger partial charge in [-0.2, -0.15) is 11.8 Å².